The van der Waals surface area contributed by atoms with E-state index in [4.69, 9.17) is 16.3 Å². The number of nitrogens with two attached hydrogens (primary N) is 1. The largest absolute Gasteiger partial charge is 0.493 e. The van der Waals surface area contributed by atoms with E-state index in [0.717, 1.165) is 0 Å². The smallest absolute Gasteiger partial charge is 0.238 e. The van der Waals surface area contributed by atoms with Crippen molar-refractivity contribution in [3.63, 3.8) is 0 Å². The van der Waals surface area contributed by atoms with Crippen LogP contribution in [0.2, 0.25) is 0 Å². The van der Waals surface area contributed by atoms with E-state index >= 15 is 0 Å². The lowest BCUT2D eigenvalue weighted by atomic mass is 10.3. The zero-order valence-corrected chi connectivity index (χ0v) is 8.83. The molecule has 0 heterocycles. The van der Waals surface area contributed by atoms with Crippen LogP contribution in [0.1, 0.15) is 6.42 Å². The van der Waals surface area contributed by atoms with Crippen LogP contribution >= 0.6 is 0 Å². The van der Waals surface area contributed by atoms with Crippen molar-refractivity contribution in [3.05, 3.63) is 24.3 Å². The first-order valence-corrected chi connectivity index (χ1v) is 5.78. The quantitative estimate of drug-likeness (QED) is 0.607. The van der Waals surface area contributed by atoms with Crippen molar-refractivity contribution in [2.45, 2.75) is 11.3 Å². The third kappa shape index (κ3) is 3.62. The van der Waals surface area contributed by atoms with Crippen molar-refractivity contribution in [2.75, 3.05) is 6.61 Å². The van der Waals surface area contributed by atoms with E-state index in [2.05, 4.69) is 5.92 Å². The first-order valence-electron chi connectivity index (χ1n) is 4.23. The first-order chi connectivity index (χ1) is 7.04. The molecule has 15 heavy (non-hydrogen) atoms. The highest BCUT2D eigenvalue weighted by Gasteiger charge is 2.06. The second-order valence-corrected chi connectivity index (χ2v) is 4.38. The van der Waals surface area contributed by atoms with Gasteiger partial charge in [0.15, 0.2) is 0 Å². The molecule has 0 aliphatic heterocycles. The summed E-state index contributed by atoms with van der Waals surface area (Å²) < 4.78 is 27.1. The minimum atomic E-state index is -3.63. The van der Waals surface area contributed by atoms with E-state index in [1.54, 1.807) is 0 Å². The minimum absolute atomic E-state index is 0.0619. The average molecular weight is 225 g/mol. The number of rotatable bonds is 4. The van der Waals surface area contributed by atoms with Crippen molar-refractivity contribution < 1.29 is 13.2 Å². The third-order valence-corrected chi connectivity index (χ3v) is 2.60. The van der Waals surface area contributed by atoms with Gasteiger partial charge in [0.1, 0.15) is 5.75 Å². The first kappa shape index (κ1) is 11.6. The van der Waals surface area contributed by atoms with E-state index in [0.29, 0.717) is 18.8 Å². The maximum atomic E-state index is 10.9. The fourth-order valence-corrected chi connectivity index (χ4v) is 1.47. The predicted molar refractivity (Wildman–Crippen MR) is 56.8 cm³/mol. The molecule has 0 aliphatic carbocycles. The fraction of sp³-hybridized carbons (Fsp3) is 0.200. The van der Waals surface area contributed by atoms with E-state index < -0.39 is 10.0 Å². The Hall–Kier alpha value is -1.51. The molecular formula is C10H11NO3S. The summed E-state index contributed by atoms with van der Waals surface area (Å²) in [4.78, 5) is 0.0619. The predicted octanol–water partition coefficient (Wildman–Crippen LogP) is 0.736. The van der Waals surface area contributed by atoms with Gasteiger partial charge in [0, 0.05) is 6.42 Å². The van der Waals surface area contributed by atoms with Crippen LogP contribution in [0.4, 0.5) is 0 Å². The number of hydrogen-bond acceptors (Lipinski definition) is 3. The number of ether oxygens (including phenoxy) is 1. The van der Waals surface area contributed by atoms with E-state index in [1.165, 1.54) is 24.3 Å². The van der Waals surface area contributed by atoms with Gasteiger partial charge in [0.05, 0.1) is 11.5 Å². The summed E-state index contributed by atoms with van der Waals surface area (Å²) in [5.74, 6) is 3.00. The molecule has 1 aromatic carbocycles. The van der Waals surface area contributed by atoms with Gasteiger partial charge in [-0.1, -0.05) is 0 Å². The van der Waals surface area contributed by atoms with Crippen LogP contribution in [0, 0.1) is 12.3 Å². The maximum Gasteiger partial charge on any atom is 0.238 e. The van der Waals surface area contributed by atoms with Crippen LogP contribution in [0.3, 0.4) is 0 Å². The molecule has 1 rings (SSSR count). The van der Waals surface area contributed by atoms with Gasteiger partial charge in [-0.2, -0.15) is 0 Å². The molecule has 0 bridgehead atoms. The van der Waals surface area contributed by atoms with Crippen molar-refractivity contribution >= 4 is 10.0 Å². The third-order valence-electron chi connectivity index (χ3n) is 1.67. The van der Waals surface area contributed by atoms with Gasteiger partial charge in [0.25, 0.3) is 0 Å². The molecule has 0 amide bonds. The van der Waals surface area contributed by atoms with Gasteiger partial charge >= 0.3 is 0 Å². The Kier molecular flexibility index (Phi) is 3.72. The second-order valence-electron chi connectivity index (χ2n) is 2.82. The Morgan fingerprint density at radius 3 is 2.40 bits per heavy atom. The normalized spacial score (nSPS) is 10.7. The monoisotopic (exact) mass is 225 g/mol. The summed E-state index contributed by atoms with van der Waals surface area (Å²) in [5, 5.41) is 4.93. The van der Waals surface area contributed by atoms with E-state index in [-0.39, 0.29) is 4.90 Å². The standard InChI is InChI=1S/C10H11NO3S/c1-2-3-8-14-9-4-6-10(7-5-9)15(11,12)13/h1,4-7H,3,8H2,(H2,11,12,13). The number of hydrogen-bond donors (Lipinski definition) is 1. The second kappa shape index (κ2) is 4.82. The van der Waals surface area contributed by atoms with Crippen LogP contribution < -0.4 is 9.88 Å². The van der Waals surface area contributed by atoms with Gasteiger partial charge in [-0.05, 0) is 24.3 Å². The van der Waals surface area contributed by atoms with Crippen LogP contribution in [-0.4, -0.2) is 15.0 Å². The minimum Gasteiger partial charge on any atom is -0.493 e. The Morgan fingerprint density at radius 1 is 1.33 bits per heavy atom. The lowest BCUT2D eigenvalue weighted by molar-refractivity contribution is 0.327. The summed E-state index contributed by atoms with van der Waals surface area (Å²) in [6, 6.07) is 5.85. The van der Waals surface area contributed by atoms with Crippen molar-refractivity contribution in [1.82, 2.24) is 0 Å². The molecule has 0 aliphatic rings. The Balaban J connectivity index is 2.70. The SMILES string of the molecule is C#CCCOc1ccc(S(N)(=O)=O)cc1. The fourth-order valence-electron chi connectivity index (χ4n) is 0.953. The summed E-state index contributed by atoms with van der Waals surface area (Å²) in [6.45, 7) is 0.408. The molecule has 0 atom stereocenters. The number of terminal acetylenes is 1. The molecular weight excluding hydrogens is 214 g/mol. The molecule has 0 saturated heterocycles. The van der Waals surface area contributed by atoms with Gasteiger partial charge < -0.3 is 4.74 Å². The van der Waals surface area contributed by atoms with Crippen LogP contribution in [-0.2, 0) is 10.0 Å². The number of benzene rings is 1. The topological polar surface area (TPSA) is 69.4 Å². The van der Waals surface area contributed by atoms with E-state index in [9.17, 15) is 8.42 Å². The van der Waals surface area contributed by atoms with E-state index in [1.807, 2.05) is 0 Å². The zero-order valence-electron chi connectivity index (χ0n) is 8.01. The molecule has 0 saturated carbocycles. The molecule has 0 radical (unpaired) electrons. The van der Waals surface area contributed by atoms with Gasteiger partial charge in [-0.15, -0.1) is 12.3 Å². The summed E-state index contributed by atoms with van der Waals surface area (Å²) in [5.41, 5.74) is 0. The molecule has 80 valence electrons. The van der Waals surface area contributed by atoms with Crippen LogP contribution in [0.25, 0.3) is 0 Å². The van der Waals surface area contributed by atoms with Gasteiger partial charge in [-0.25, -0.2) is 13.6 Å². The lowest BCUT2D eigenvalue weighted by Gasteiger charge is -2.04. The van der Waals surface area contributed by atoms with Crippen molar-refractivity contribution in [2.24, 2.45) is 5.14 Å². The highest BCUT2D eigenvalue weighted by molar-refractivity contribution is 7.89. The summed E-state index contributed by atoms with van der Waals surface area (Å²) in [7, 11) is -3.63. The maximum absolute atomic E-state index is 10.9. The van der Waals surface area contributed by atoms with Gasteiger partial charge in [-0.3, -0.25) is 0 Å². The summed E-state index contributed by atoms with van der Waals surface area (Å²) >= 11 is 0. The van der Waals surface area contributed by atoms with Crippen LogP contribution in [0.15, 0.2) is 29.2 Å². The number of sulfonamides is 1. The van der Waals surface area contributed by atoms with Crippen molar-refractivity contribution in [3.8, 4) is 18.1 Å². The zero-order chi connectivity index (χ0) is 11.3. The molecule has 0 fully saturated rings. The number of primary sulfonamides is 1. The molecule has 0 aromatic heterocycles. The molecule has 4 nitrogen and oxygen atoms in total. The molecule has 5 heteroatoms. The Morgan fingerprint density at radius 2 is 1.93 bits per heavy atom. The van der Waals surface area contributed by atoms with Crippen molar-refractivity contribution in [1.29, 1.82) is 0 Å². The molecule has 1 aromatic rings. The van der Waals surface area contributed by atoms with Crippen LogP contribution in [0.5, 0.6) is 5.75 Å². The lowest BCUT2D eigenvalue weighted by Crippen LogP contribution is -2.11. The molecule has 2 N–H and O–H groups in total. The molecule has 0 unspecified atom stereocenters. The summed E-state index contributed by atoms with van der Waals surface area (Å²) in [6.07, 6.45) is 5.56. The highest BCUT2D eigenvalue weighted by Crippen LogP contribution is 2.14. The average Bonchev–Trinajstić information content (AvgIpc) is 2.18. The molecule has 0 spiro atoms. The Labute approximate surface area is 89.1 Å². The van der Waals surface area contributed by atoms with Gasteiger partial charge in [0.2, 0.25) is 10.0 Å². The highest BCUT2D eigenvalue weighted by atomic mass is 32.2. The Bertz CT molecular complexity index is 456.